The lowest BCUT2D eigenvalue weighted by molar-refractivity contribution is 0.624. The topological polar surface area (TPSA) is 0 Å². The summed E-state index contributed by atoms with van der Waals surface area (Å²) in [6.45, 7) is 1.89. The number of hydrogen-bond acceptors (Lipinski definition) is 0. The first-order valence-electron chi connectivity index (χ1n) is 7.16. The number of benzene rings is 2. The van der Waals surface area contributed by atoms with E-state index in [1.54, 1.807) is 0 Å². The van der Waals surface area contributed by atoms with E-state index in [4.69, 9.17) is 11.6 Å². The van der Waals surface area contributed by atoms with E-state index >= 15 is 0 Å². The maximum atomic E-state index is 13.5. The minimum Gasteiger partial charge on any atom is -0.207 e. The summed E-state index contributed by atoms with van der Waals surface area (Å²) in [4.78, 5) is 0. The summed E-state index contributed by atoms with van der Waals surface area (Å²) in [5, 5.41) is -0.281. The monoisotopic (exact) mass is 288 g/mol. The molecule has 0 N–H and O–H groups in total. The lowest BCUT2D eigenvalue weighted by atomic mass is 9.89. The summed E-state index contributed by atoms with van der Waals surface area (Å²) >= 11 is 6.55. The summed E-state index contributed by atoms with van der Waals surface area (Å²) in [5.74, 6) is -0.219. The van der Waals surface area contributed by atoms with Crippen molar-refractivity contribution in [3.8, 4) is 0 Å². The molecule has 2 aromatic carbocycles. The van der Waals surface area contributed by atoms with Gasteiger partial charge in [-0.05, 0) is 72.6 Å². The van der Waals surface area contributed by atoms with Gasteiger partial charge in [0.2, 0.25) is 0 Å². The molecule has 0 radical (unpaired) electrons. The number of halogens is 2. The van der Waals surface area contributed by atoms with E-state index in [0.29, 0.717) is 0 Å². The largest absolute Gasteiger partial charge is 0.207 e. The molecule has 20 heavy (non-hydrogen) atoms. The van der Waals surface area contributed by atoms with Gasteiger partial charge in [-0.1, -0.05) is 24.3 Å². The van der Waals surface area contributed by atoms with Gasteiger partial charge in [0, 0.05) is 0 Å². The van der Waals surface area contributed by atoms with Gasteiger partial charge in [0.1, 0.15) is 5.82 Å². The Morgan fingerprint density at radius 1 is 0.950 bits per heavy atom. The molecule has 0 amide bonds. The van der Waals surface area contributed by atoms with Crippen LogP contribution in [-0.2, 0) is 12.8 Å². The van der Waals surface area contributed by atoms with Crippen LogP contribution in [0.1, 0.15) is 46.0 Å². The summed E-state index contributed by atoms with van der Waals surface area (Å²) < 4.78 is 13.5. The van der Waals surface area contributed by atoms with Crippen molar-refractivity contribution in [2.24, 2.45) is 0 Å². The van der Waals surface area contributed by atoms with Crippen molar-refractivity contribution >= 4 is 11.6 Å². The molecule has 1 atom stereocenters. The smallest absolute Gasteiger partial charge is 0.123 e. The van der Waals surface area contributed by atoms with Crippen LogP contribution in [-0.4, -0.2) is 0 Å². The predicted octanol–water partition coefficient (Wildman–Crippen LogP) is 5.34. The Morgan fingerprint density at radius 2 is 1.70 bits per heavy atom. The van der Waals surface area contributed by atoms with E-state index in [1.807, 2.05) is 13.0 Å². The zero-order valence-electron chi connectivity index (χ0n) is 11.6. The van der Waals surface area contributed by atoms with Crippen LogP contribution in [0.3, 0.4) is 0 Å². The highest BCUT2D eigenvalue weighted by Gasteiger charge is 2.16. The van der Waals surface area contributed by atoms with E-state index in [-0.39, 0.29) is 11.2 Å². The Bertz CT molecular complexity index is 613. The molecule has 2 aromatic rings. The second kappa shape index (κ2) is 5.57. The van der Waals surface area contributed by atoms with Gasteiger partial charge in [0.25, 0.3) is 0 Å². The molecule has 0 saturated heterocycles. The number of fused-ring (bicyclic) bond motifs is 1. The van der Waals surface area contributed by atoms with Crippen molar-refractivity contribution < 1.29 is 4.39 Å². The highest BCUT2D eigenvalue weighted by Crippen LogP contribution is 2.32. The molecule has 1 aliphatic carbocycles. The maximum absolute atomic E-state index is 13.5. The molecular weight excluding hydrogens is 271 g/mol. The number of hydrogen-bond donors (Lipinski definition) is 0. The average Bonchev–Trinajstić information content (AvgIpc) is 2.45. The molecule has 0 spiro atoms. The van der Waals surface area contributed by atoms with Crippen LogP contribution in [0.25, 0.3) is 0 Å². The van der Waals surface area contributed by atoms with Gasteiger partial charge in [-0.3, -0.25) is 0 Å². The van der Waals surface area contributed by atoms with Crippen LogP contribution in [0.5, 0.6) is 0 Å². The third kappa shape index (κ3) is 2.73. The van der Waals surface area contributed by atoms with Crippen LogP contribution in [0, 0.1) is 12.7 Å². The molecule has 0 aliphatic heterocycles. The van der Waals surface area contributed by atoms with E-state index in [0.717, 1.165) is 23.1 Å². The van der Waals surface area contributed by atoms with E-state index < -0.39 is 0 Å². The Balaban J connectivity index is 1.95. The molecule has 0 bridgehead atoms. The normalized spacial score (nSPS) is 15.8. The first-order valence-corrected chi connectivity index (χ1v) is 7.60. The van der Waals surface area contributed by atoms with Gasteiger partial charge in [0.15, 0.2) is 0 Å². The quantitative estimate of drug-likeness (QED) is 0.654. The molecule has 104 valence electrons. The molecule has 3 rings (SSSR count). The molecule has 0 fully saturated rings. The number of alkyl halides is 1. The molecular formula is C18H18ClF. The number of rotatable bonds is 2. The van der Waals surface area contributed by atoms with Crippen molar-refractivity contribution in [3.63, 3.8) is 0 Å². The lowest BCUT2D eigenvalue weighted by Gasteiger charge is -2.19. The van der Waals surface area contributed by atoms with Crippen LogP contribution in [0.2, 0.25) is 0 Å². The minimum absolute atomic E-state index is 0.219. The highest BCUT2D eigenvalue weighted by atomic mass is 35.5. The van der Waals surface area contributed by atoms with Crippen LogP contribution < -0.4 is 0 Å². The van der Waals surface area contributed by atoms with Gasteiger partial charge >= 0.3 is 0 Å². The van der Waals surface area contributed by atoms with Crippen molar-refractivity contribution in [2.75, 3.05) is 0 Å². The maximum Gasteiger partial charge on any atom is 0.123 e. The molecule has 0 saturated carbocycles. The van der Waals surface area contributed by atoms with Gasteiger partial charge in [-0.15, -0.1) is 11.6 Å². The molecule has 0 heterocycles. The molecule has 0 nitrogen and oxygen atoms in total. The molecule has 1 unspecified atom stereocenters. The Kier molecular flexibility index (Phi) is 3.80. The Hall–Kier alpha value is -1.34. The fraction of sp³-hybridized carbons (Fsp3) is 0.333. The summed E-state index contributed by atoms with van der Waals surface area (Å²) in [6.07, 6.45) is 4.83. The van der Waals surface area contributed by atoms with Crippen LogP contribution in [0.4, 0.5) is 4.39 Å². The van der Waals surface area contributed by atoms with Gasteiger partial charge in [-0.2, -0.15) is 0 Å². The Morgan fingerprint density at radius 3 is 2.45 bits per heavy atom. The van der Waals surface area contributed by atoms with E-state index in [2.05, 4.69) is 18.2 Å². The van der Waals surface area contributed by atoms with Crippen molar-refractivity contribution in [2.45, 2.75) is 38.0 Å². The minimum atomic E-state index is -0.281. The van der Waals surface area contributed by atoms with Crippen LogP contribution >= 0.6 is 11.6 Å². The average molecular weight is 289 g/mol. The number of aryl methyl sites for hydroxylation is 3. The SMILES string of the molecule is Cc1cc(F)cc(C(Cl)c2ccc3c(c2)CCCC3)c1. The highest BCUT2D eigenvalue weighted by molar-refractivity contribution is 6.22. The first kappa shape index (κ1) is 13.6. The molecule has 0 aromatic heterocycles. The van der Waals surface area contributed by atoms with Gasteiger partial charge in [-0.25, -0.2) is 4.39 Å². The fourth-order valence-corrected chi connectivity index (χ4v) is 3.28. The Labute approximate surface area is 124 Å². The van der Waals surface area contributed by atoms with Crippen molar-refractivity contribution in [1.82, 2.24) is 0 Å². The summed E-state index contributed by atoms with van der Waals surface area (Å²) in [5.41, 5.74) is 5.66. The third-order valence-electron chi connectivity index (χ3n) is 4.02. The lowest BCUT2D eigenvalue weighted by Crippen LogP contribution is -2.04. The van der Waals surface area contributed by atoms with Crippen molar-refractivity contribution in [3.05, 3.63) is 70.0 Å². The fourth-order valence-electron chi connectivity index (χ4n) is 3.01. The zero-order chi connectivity index (χ0) is 14.1. The second-order valence-electron chi connectivity index (χ2n) is 5.66. The second-order valence-corrected chi connectivity index (χ2v) is 6.10. The summed E-state index contributed by atoms with van der Waals surface area (Å²) in [7, 11) is 0. The predicted molar refractivity (Wildman–Crippen MR) is 81.9 cm³/mol. The van der Waals surface area contributed by atoms with Gasteiger partial charge < -0.3 is 0 Å². The van der Waals surface area contributed by atoms with Crippen molar-refractivity contribution in [1.29, 1.82) is 0 Å². The van der Waals surface area contributed by atoms with E-state index in [9.17, 15) is 4.39 Å². The van der Waals surface area contributed by atoms with Gasteiger partial charge in [0.05, 0.1) is 5.38 Å². The molecule has 2 heteroatoms. The standard InChI is InChI=1S/C18H18ClF/c1-12-8-16(11-17(20)9-12)18(19)15-7-6-13-4-2-3-5-14(13)10-15/h6-11,18H,2-5H2,1H3. The molecule has 1 aliphatic rings. The summed E-state index contributed by atoms with van der Waals surface area (Å²) in [6, 6.07) is 11.5. The first-order chi connectivity index (χ1) is 9.63. The van der Waals surface area contributed by atoms with Crippen LogP contribution in [0.15, 0.2) is 36.4 Å². The van der Waals surface area contributed by atoms with E-state index in [1.165, 1.54) is 42.5 Å². The third-order valence-corrected chi connectivity index (χ3v) is 4.53. The zero-order valence-corrected chi connectivity index (χ0v) is 12.4.